The van der Waals surface area contributed by atoms with E-state index < -0.39 is 6.04 Å². The Labute approximate surface area is 119 Å². The van der Waals surface area contributed by atoms with Gasteiger partial charge >= 0.3 is 0 Å². The maximum Gasteiger partial charge on any atom is 0.237 e. The van der Waals surface area contributed by atoms with Gasteiger partial charge in [-0.05, 0) is 24.1 Å². The van der Waals surface area contributed by atoms with Crippen molar-refractivity contribution in [1.82, 2.24) is 5.32 Å². The Morgan fingerprint density at radius 2 is 1.95 bits per heavy atom. The Hall–Kier alpha value is -1.88. The highest BCUT2D eigenvalue weighted by Gasteiger charge is 2.10. The van der Waals surface area contributed by atoms with Gasteiger partial charge in [-0.2, -0.15) is 0 Å². The van der Waals surface area contributed by atoms with Gasteiger partial charge in [0.15, 0.2) is 0 Å². The topological polar surface area (TPSA) is 84.2 Å². The Balaban J connectivity index is 2.60. The first-order chi connectivity index (χ1) is 9.43. The zero-order chi connectivity index (χ0) is 15.1. The molecule has 0 aliphatic carbocycles. The molecule has 1 aromatic rings. The fourth-order valence-electron chi connectivity index (χ4n) is 1.55. The molecular weight excluding hydrogens is 254 g/mol. The second-order valence-corrected chi connectivity index (χ2v) is 5.08. The van der Waals surface area contributed by atoms with Crippen LogP contribution in [0.4, 0.5) is 5.69 Å². The van der Waals surface area contributed by atoms with E-state index in [9.17, 15) is 9.59 Å². The second kappa shape index (κ2) is 7.65. The molecule has 20 heavy (non-hydrogen) atoms. The first-order valence-corrected chi connectivity index (χ1v) is 6.87. The van der Waals surface area contributed by atoms with Crippen LogP contribution in [0.15, 0.2) is 24.3 Å². The van der Waals surface area contributed by atoms with E-state index in [1.807, 2.05) is 45.0 Å². The molecule has 0 saturated heterocycles. The van der Waals surface area contributed by atoms with Crippen molar-refractivity contribution >= 4 is 17.5 Å². The lowest BCUT2D eigenvalue weighted by Crippen LogP contribution is -2.39. The molecule has 1 atom stereocenters. The summed E-state index contributed by atoms with van der Waals surface area (Å²) in [4.78, 5) is 23.2. The number of carbonyl (C=O) groups is 2. The summed E-state index contributed by atoms with van der Waals surface area (Å²) in [5.74, 6) is -0.260. The summed E-state index contributed by atoms with van der Waals surface area (Å²) >= 11 is 0. The zero-order valence-corrected chi connectivity index (χ0v) is 12.3. The molecule has 1 rings (SSSR count). The fraction of sp³-hybridized carbons (Fsp3) is 0.467. The monoisotopic (exact) mass is 277 g/mol. The minimum Gasteiger partial charge on any atom is -0.351 e. The van der Waals surface area contributed by atoms with Gasteiger partial charge < -0.3 is 16.4 Å². The molecule has 1 aromatic carbocycles. The average molecular weight is 277 g/mol. The van der Waals surface area contributed by atoms with Gasteiger partial charge in [-0.1, -0.05) is 32.9 Å². The maximum absolute atomic E-state index is 11.6. The lowest BCUT2D eigenvalue weighted by Gasteiger charge is -2.12. The molecule has 1 unspecified atom stereocenters. The predicted octanol–water partition coefficient (Wildman–Crippen LogP) is 1.63. The van der Waals surface area contributed by atoms with Crippen LogP contribution in [0.1, 0.15) is 32.8 Å². The van der Waals surface area contributed by atoms with Crippen LogP contribution in [0.5, 0.6) is 0 Å². The summed E-state index contributed by atoms with van der Waals surface area (Å²) in [7, 11) is 0. The molecule has 4 N–H and O–H groups in total. The summed E-state index contributed by atoms with van der Waals surface area (Å²) < 4.78 is 0. The highest BCUT2D eigenvalue weighted by Crippen LogP contribution is 2.12. The minimum atomic E-state index is -0.473. The van der Waals surface area contributed by atoms with Gasteiger partial charge in [0.05, 0.1) is 6.04 Å². The molecule has 0 saturated carbocycles. The normalized spacial score (nSPS) is 12.1. The van der Waals surface area contributed by atoms with Crippen molar-refractivity contribution in [1.29, 1.82) is 0 Å². The number of hydrogen-bond acceptors (Lipinski definition) is 3. The van der Waals surface area contributed by atoms with E-state index in [1.54, 1.807) is 0 Å². The first-order valence-electron chi connectivity index (χ1n) is 6.87. The van der Waals surface area contributed by atoms with Crippen LogP contribution in [0.25, 0.3) is 0 Å². The van der Waals surface area contributed by atoms with Crippen LogP contribution in [-0.2, 0) is 16.1 Å². The molecule has 0 aliphatic rings. The van der Waals surface area contributed by atoms with Gasteiger partial charge in [-0.3, -0.25) is 9.59 Å². The van der Waals surface area contributed by atoms with E-state index in [0.29, 0.717) is 13.0 Å². The highest BCUT2D eigenvalue weighted by atomic mass is 16.2. The smallest absolute Gasteiger partial charge is 0.237 e. The Morgan fingerprint density at radius 1 is 1.25 bits per heavy atom. The Kier molecular flexibility index (Phi) is 6.18. The molecule has 0 heterocycles. The van der Waals surface area contributed by atoms with E-state index in [1.165, 1.54) is 0 Å². The third kappa shape index (κ3) is 5.01. The molecule has 5 nitrogen and oxygen atoms in total. The van der Waals surface area contributed by atoms with Gasteiger partial charge in [0, 0.05) is 18.2 Å². The molecule has 2 amide bonds. The van der Waals surface area contributed by atoms with E-state index in [-0.39, 0.29) is 17.7 Å². The Bertz CT molecular complexity index is 472. The van der Waals surface area contributed by atoms with Crippen molar-refractivity contribution in [2.45, 2.75) is 39.8 Å². The van der Waals surface area contributed by atoms with Crippen molar-refractivity contribution in [3.05, 3.63) is 29.8 Å². The molecule has 0 bridgehead atoms. The van der Waals surface area contributed by atoms with Crippen LogP contribution in [0.3, 0.4) is 0 Å². The molecule has 0 spiro atoms. The maximum atomic E-state index is 11.6. The van der Waals surface area contributed by atoms with Gasteiger partial charge in [0.2, 0.25) is 11.8 Å². The zero-order valence-electron chi connectivity index (χ0n) is 12.3. The van der Waals surface area contributed by atoms with Gasteiger partial charge in [-0.25, -0.2) is 0 Å². The first kappa shape index (κ1) is 16.2. The van der Waals surface area contributed by atoms with Crippen LogP contribution in [-0.4, -0.2) is 17.9 Å². The van der Waals surface area contributed by atoms with Crippen LogP contribution in [0.2, 0.25) is 0 Å². The number of carbonyl (C=O) groups excluding carboxylic acids is 2. The van der Waals surface area contributed by atoms with E-state index >= 15 is 0 Å². The lowest BCUT2D eigenvalue weighted by atomic mass is 10.1. The summed E-state index contributed by atoms with van der Waals surface area (Å²) in [6, 6.07) is 6.93. The van der Waals surface area contributed by atoms with Gasteiger partial charge in [0.1, 0.15) is 0 Å². The molecule has 0 radical (unpaired) electrons. The summed E-state index contributed by atoms with van der Waals surface area (Å²) in [5.41, 5.74) is 7.29. The van der Waals surface area contributed by atoms with E-state index in [2.05, 4.69) is 10.6 Å². The quantitative estimate of drug-likeness (QED) is 0.739. The van der Waals surface area contributed by atoms with Crippen molar-refractivity contribution in [2.24, 2.45) is 11.7 Å². The molecular formula is C15H23N3O2. The second-order valence-electron chi connectivity index (χ2n) is 5.08. The molecule has 0 fully saturated rings. The van der Waals surface area contributed by atoms with Crippen molar-refractivity contribution in [3.63, 3.8) is 0 Å². The molecule has 5 heteroatoms. The van der Waals surface area contributed by atoms with Crippen LogP contribution in [0, 0.1) is 5.92 Å². The van der Waals surface area contributed by atoms with Gasteiger partial charge in [0.25, 0.3) is 0 Å². The van der Waals surface area contributed by atoms with Crippen molar-refractivity contribution in [2.75, 3.05) is 5.32 Å². The SMILES string of the molecule is CCC(N)C(=O)NCc1cccc(NC(=O)C(C)C)c1. The fourth-order valence-corrected chi connectivity index (χ4v) is 1.55. The van der Waals surface area contributed by atoms with Gasteiger partial charge in [-0.15, -0.1) is 0 Å². The third-order valence-corrected chi connectivity index (χ3v) is 2.96. The number of rotatable bonds is 6. The molecule has 110 valence electrons. The summed E-state index contributed by atoms with van der Waals surface area (Å²) in [6.07, 6.45) is 0.607. The number of anilines is 1. The highest BCUT2D eigenvalue weighted by molar-refractivity contribution is 5.92. The van der Waals surface area contributed by atoms with Crippen LogP contribution >= 0.6 is 0 Å². The van der Waals surface area contributed by atoms with Crippen molar-refractivity contribution in [3.8, 4) is 0 Å². The number of benzene rings is 1. The largest absolute Gasteiger partial charge is 0.351 e. The number of nitrogens with two attached hydrogens (primary N) is 1. The number of amides is 2. The number of nitrogens with one attached hydrogen (secondary N) is 2. The third-order valence-electron chi connectivity index (χ3n) is 2.96. The average Bonchev–Trinajstić information content (AvgIpc) is 2.44. The summed E-state index contributed by atoms with van der Waals surface area (Å²) in [5, 5.41) is 5.60. The standard InChI is InChI=1S/C15H23N3O2/c1-4-13(16)15(20)17-9-11-6-5-7-12(8-11)18-14(19)10(2)3/h5-8,10,13H,4,9,16H2,1-3H3,(H,17,20)(H,18,19). The predicted molar refractivity (Wildman–Crippen MR) is 80.0 cm³/mol. The molecule has 0 aromatic heterocycles. The number of hydrogen-bond donors (Lipinski definition) is 3. The lowest BCUT2D eigenvalue weighted by molar-refractivity contribution is -0.122. The molecule has 0 aliphatic heterocycles. The van der Waals surface area contributed by atoms with Crippen LogP contribution < -0.4 is 16.4 Å². The Morgan fingerprint density at radius 3 is 2.55 bits per heavy atom. The van der Waals surface area contributed by atoms with E-state index in [4.69, 9.17) is 5.73 Å². The van der Waals surface area contributed by atoms with Crippen molar-refractivity contribution < 1.29 is 9.59 Å². The van der Waals surface area contributed by atoms with E-state index in [0.717, 1.165) is 11.3 Å². The minimum absolute atomic E-state index is 0.0285. The summed E-state index contributed by atoms with van der Waals surface area (Å²) in [6.45, 7) is 5.95.